The van der Waals surface area contributed by atoms with Gasteiger partial charge in [0, 0.05) is 13.2 Å². The van der Waals surface area contributed by atoms with E-state index in [2.05, 4.69) is 10.6 Å². The van der Waals surface area contributed by atoms with E-state index in [1.807, 2.05) is 0 Å². The molecule has 0 aliphatic heterocycles. The molecule has 0 bridgehead atoms. The first-order valence-corrected chi connectivity index (χ1v) is 4.05. The Bertz CT molecular complexity index is 119. The number of aliphatic hydroxyl groups is 1. The van der Waals surface area contributed by atoms with Crippen LogP contribution in [0.15, 0.2) is 0 Å². The highest BCUT2D eigenvalue weighted by Crippen LogP contribution is 1.76. The molecule has 0 aromatic rings. The summed E-state index contributed by atoms with van der Waals surface area (Å²) in [7, 11) is 0. The van der Waals surface area contributed by atoms with Gasteiger partial charge in [-0.25, -0.2) is 4.79 Å². The summed E-state index contributed by atoms with van der Waals surface area (Å²) >= 11 is 0. The lowest BCUT2D eigenvalue weighted by Crippen LogP contribution is -2.26. The van der Waals surface area contributed by atoms with Crippen molar-refractivity contribution in [1.82, 2.24) is 10.6 Å². The molecule has 1 amide bonds. The van der Waals surface area contributed by atoms with Crippen LogP contribution in [0, 0.1) is 0 Å². The molecule has 5 nitrogen and oxygen atoms in total. The van der Waals surface area contributed by atoms with Crippen LogP contribution in [0.1, 0.15) is 12.8 Å². The minimum absolute atomic E-state index is 0.195. The maximum atomic E-state index is 9.97. The first-order chi connectivity index (χ1) is 5.77. The number of rotatable bonds is 7. The molecule has 0 aromatic carbocycles. The van der Waals surface area contributed by atoms with E-state index < -0.39 is 6.09 Å². The summed E-state index contributed by atoms with van der Waals surface area (Å²) < 4.78 is 0. The zero-order chi connectivity index (χ0) is 9.23. The minimum Gasteiger partial charge on any atom is -0.465 e. The summed E-state index contributed by atoms with van der Waals surface area (Å²) in [6, 6.07) is 0. The average Bonchev–Trinajstić information content (AvgIpc) is 2.02. The molecule has 0 atom stereocenters. The fourth-order valence-corrected chi connectivity index (χ4v) is 0.738. The molecule has 12 heavy (non-hydrogen) atoms. The van der Waals surface area contributed by atoms with Crippen LogP contribution in [-0.4, -0.2) is 42.5 Å². The second-order valence-electron chi connectivity index (χ2n) is 2.41. The van der Waals surface area contributed by atoms with Crippen LogP contribution in [0.4, 0.5) is 4.79 Å². The molecule has 0 fully saturated rings. The Hall–Kier alpha value is -0.810. The van der Waals surface area contributed by atoms with E-state index in [0.29, 0.717) is 6.54 Å². The monoisotopic (exact) mass is 176 g/mol. The van der Waals surface area contributed by atoms with Gasteiger partial charge in [-0.1, -0.05) is 0 Å². The summed E-state index contributed by atoms with van der Waals surface area (Å²) in [6.45, 7) is 2.23. The van der Waals surface area contributed by atoms with Gasteiger partial charge in [-0.2, -0.15) is 0 Å². The van der Waals surface area contributed by atoms with Gasteiger partial charge in [-0.3, -0.25) is 0 Å². The fourth-order valence-electron chi connectivity index (χ4n) is 0.738. The van der Waals surface area contributed by atoms with Crippen LogP contribution in [0.3, 0.4) is 0 Å². The van der Waals surface area contributed by atoms with E-state index >= 15 is 0 Å². The number of nitrogens with one attached hydrogen (secondary N) is 2. The van der Waals surface area contributed by atoms with Gasteiger partial charge in [-0.05, 0) is 25.9 Å². The Kier molecular flexibility index (Phi) is 7.73. The number of hydrogen-bond acceptors (Lipinski definition) is 3. The van der Waals surface area contributed by atoms with Crippen LogP contribution in [0.2, 0.25) is 0 Å². The topological polar surface area (TPSA) is 81.6 Å². The molecule has 5 heteroatoms. The van der Waals surface area contributed by atoms with Gasteiger partial charge in [0.2, 0.25) is 0 Å². The van der Waals surface area contributed by atoms with E-state index in [1.165, 1.54) is 0 Å². The number of aliphatic hydroxyl groups excluding tert-OH is 1. The van der Waals surface area contributed by atoms with Crippen molar-refractivity contribution in [3.63, 3.8) is 0 Å². The van der Waals surface area contributed by atoms with E-state index in [1.54, 1.807) is 0 Å². The smallest absolute Gasteiger partial charge is 0.404 e. The highest BCUT2D eigenvalue weighted by Gasteiger charge is 1.92. The quantitative estimate of drug-likeness (QED) is 0.398. The molecule has 0 aliphatic rings. The molecule has 0 unspecified atom stereocenters. The molecule has 0 aromatic heterocycles. The molecule has 0 spiro atoms. The van der Waals surface area contributed by atoms with Crippen molar-refractivity contribution in [1.29, 1.82) is 0 Å². The van der Waals surface area contributed by atoms with Gasteiger partial charge in [0.1, 0.15) is 0 Å². The van der Waals surface area contributed by atoms with Crippen molar-refractivity contribution in [2.45, 2.75) is 12.8 Å². The van der Waals surface area contributed by atoms with Crippen molar-refractivity contribution in [3.05, 3.63) is 0 Å². The lowest BCUT2D eigenvalue weighted by Gasteiger charge is -2.02. The van der Waals surface area contributed by atoms with Crippen LogP contribution in [-0.2, 0) is 0 Å². The molecule has 0 saturated heterocycles. The third-order valence-electron chi connectivity index (χ3n) is 1.32. The summed E-state index contributed by atoms with van der Waals surface area (Å²) in [5.74, 6) is 0. The number of amides is 1. The standard InChI is InChI=1S/C7H16N2O3/c10-6-2-4-8-3-1-5-9-7(11)12/h8-10H,1-6H2,(H,11,12). The summed E-state index contributed by atoms with van der Waals surface area (Å²) in [4.78, 5) is 9.97. The predicted octanol–water partition coefficient (Wildman–Crippen LogP) is -0.384. The third-order valence-corrected chi connectivity index (χ3v) is 1.32. The molecular weight excluding hydrogens is 160 g/mol. The maximum absolute atomic E-state index is 9.97. The second kappa shape index (κ2) is 8.29. The van der Waals surface area contributed by atoms with Gasteiger partial charge in [0.15, 0.2) is 0 Å². The zero-order valence-corrected chi connectivity index (χ0v) is 7.05. The highest BCUT2D eigenvalue weighted by molar-refractivity contribution is 5.64. The molecule has 4 N–H and O–H groups in total. The highest BCUT2D eigenvalue weighted by atomic mass is 16.4. The van der Waals surface area contributed by atoms with Crippen LogP contribution in [0.5, 0.6) is 0 Å². The van der Waals surface area contributed by atoms with E-state index in [-0.39, 0.29) is 6.61 Å². The maximum Gasteiger partial charge on any atom is 0.404 e. The van der Waals surface area contributed by atoms with Gasteiger partial charge >= 0.3 is 6.09 Å². The Morgan fingerprint density at radius 2 is 1.83 bits per heavy atom. The molecule has 0 rings (SSSR count). The van der Waals surface area contributed by atoms with Crippen LogP contribution < -0.4 is 10.6 Å². The molecule has 0 aliphatic carbocycles. The van der Waals surface area contributed by atoms with Crippen molar-refractivity contribution in [2.24, 2.45) is 0 Å². The zero-order valence-electron chi connectivity index (χ0n) is 7.05. The normalized spacial score (nSPS) is 9.75. The van der Waals surface area contributed by atoms with Gasteiger partial charge in [-0.15, -0.1) is 0 Å². The SMILES string of the molecule is O=C(O)NCCCNCCCO. The largest absolute Gasteiger partial charge is 0.465 e. The summed E-state index contributed by atoms with van der Waals surface area (Å²) in [5.41, 5.74) is 0. The van der Waals surface area contributed by atoms with Crippen LogP contribution >= 0.6 is 0 Å². The average molecular weight is 176 g/mol. The Labute approximate surface area is 71.8 Å². The van der Waals surface area contributed by atoms with E-state index in [4.69, 9.17) is 10.2 Å². The predicted molar refractivity (Wildman–Crippen MR) is 45.2 cm³/mol. The van der Waals surface area contributed by atoms with E-state index in [0.717, 1.165) is 25.9 Å². The third kappa shape index (κ3) is 9.19. The molecule has 0 radical (unpaired) electrons. The lowest BCUT2D eigenvalue weighted by molar-refractivity contribution is 0.194. The number of carboxylic acid groups (broad SMARTS) is 1. The molecular formula is C7H16N2O3. The van der Waals surface area contributed by atoms with Crippen molar-refractivity contribution < 1.29 is 15.0 Å². The van der Waals surface area contributed by atoms with Gasteiger partial charge in [0.25, 0.3) is 0 Å². The van der Waals surface area contributed by atoms with E-state index in [9.17, 15) is 4.79 Å². The minimum atomic E-state index is -0.981. The van der Waals surface area contributed by atoms with Gasteiger partial charge < -0.3 is 20.8 Å². The Morgan fingerprint density at radius 1 is 1.17 bits per heavy atom. The van der Waals surface area contributed by atoms with Crippen molar-refractivity contribution in [2.75, 3.05) is 26.2 Å². The first-order valence-electron chi connectivity index (χ1n) is 4.05. The summed E-state index contributed by atoms with van der Waals surface area (Å²) in [5, 5.41) is 21.9. The van der Waals surface area contributed by atoms with Crippen molar-refractivity contribution in [3.8, 4) is 0 Å². The first kappa shape index (κ1) is 11.2. The summed E-state index contributed by atoms with van der Waals surface area (Å²) in [6.07, 6.45) is 0.537. The van der Waals surface area contributed by atoms with Gasteiger partial charge in [0.05, 0.1) is 0 Å². The fraction of sp³-hybridized carbons (Fsp3) is 0.857. The van der Waals surface area contributed by atoms with Crippen molar-refractivity contribution >= 4 is 6.09 Å². The number of carbonyl (C=O) groups is 1. The molecule has 0 saturated carbocycles. The number of hydrogen-bond donors (Lipinski definition) is 4. The molecule has 72 valence electrons. The second-order valence-corrected chi connectivity index (χ2v) is 2.41. The lowest BCUT2D eigenvalue weighted by atomic mass is 10.4. The Balaban J connectivity index is 2.86. The molecule has 0 heterocycles. The Morgan fingerprint density at radius 3 is 2.42 bits per heavy atom. The van der Waals surface area contributed by atoms with Crippen LogP contribution in [0.25, 0.3) is 0 Å².